The van der Waals surface area contributed by atoms with Gasteiger partial charge in [0.2, 0.25) is 0 Å². The zero-order chi connectivity index (χ0) is 40.1. The number of unbranched alkanes of at least 4 members (excludes halogenated alkanes) is 34. The maximum atomic E-state index is 12.7. The molecule has 0 fully saturated rings. The van der Waals surface area contributed by atoms with Crippen LogP contribution in [0, 0.1) is 0 Å². The van der Waals surface area contributed by atoms with E-state index in [1.807, 2.05) is 0 Å². The van der Waals surface area contributed by atoms with Gasteiger partial charge >= 0.3 is 17.9 Å². The first-order chi connectivity index (χ1) is 27.0. The minimum Gasteiger partial charge on any atom is -0.462 e. The normalized spacial score (nSPS) is 11.8. The molecule has 0 bridgehead atoms. The first kappa shape index (κ1) is 53.4. The molecule has 0 aliphatic heterocycles. The van der Waals surface area contributed by atoms with E-state index in [2.05, 4.69) is 20.8 Å². The second-order valence-corrected chi connectivity index (χ2v) is 16.7. The molecule has 0 amide bonds. The summed E-state index contributed by atoms with van der Waals surface area (Å²) in [6, 6.07) is 0. The summed E-state index contributed by atoms with van der Waals surface area (Å²) in [6.45, 7) is 6.63. The summed E-state index contributed by atoms with van der Waals surface area (Å²) >= 11 is 0. The van der Waals surface area contributed by atoms with Crippen molar-refractivity contribution in [1.29, 1.82) is 0 Å². The molecule has 0 spiro atoms. The molecule has 0 aromatic carbocycles. The van der Waals surface area contributed by atoms with E-state index in [9.17, 15) is 14.4 Å². The lowest BCUT2D eigenvalue weighted by atomic mass is 10.0. The number of esters is 3. The molecule has 0 aliphatic rings. The highest BCUT2D eigenvalue weighted by atomic mass is 16.6. The number of ether oxygens (including phenoxy) is 3. The molecule has 1 atom stereocenters. The molecule has 6 nitrogen and oxygen atoms in total. The van der Waals surface area contributed by atoms with Crippen molar-refractivity contribution in [2.24, 2.45) is 0 Å². The van der Waals surface area contributed by atoms with Gasteiger partial charge in [0.15, 0.2) is 6.10 Å². The first-order valence-corrected chi connectivity index (χ1v) is 24.5. The van der Waals surface area contributed by atoms with Crippen LogP contribution in [0.25, 0.3) is 0 Å². The molecule has 326 valence electrons. The summed E-state index contributed by atoms with van der Waals surface area (Å²) < 4.78 is 16.7. The van der Waals surface area contributed by atoms with Crippen LogP contribution in [0.15, 0.2) is 0 Å². The molecular weight excluding hydrogens is 685 g/mol. The molecule has 0 heterocycles. The van der Waals surface area contributed by atoms with Crippen LogP contribution in [-0.2, 0) is 28.6 Å². The Balaban J connectivity index is 4.18. The van der Waals surface area contributed by atoms with E-state index >= 15 is 0 Å². The number of hydrogen-bond donors (Lipinski definition) is 0. The summed E-state index contributed by atoms with van der Waals surface area (Å²) in [7, 11) is 0. The standard InChI is InChI=1S/C49H94O6/c1-4-7-10-13-16-18-20-22-23-24-25-26-27-29-30-33-36-39-42-48(51)54-45-46(44-53-47(50)41-38-35-32-15-12-9-6-3)55-49(52)43-40-37-34-31-28-21-19-17-14-11-8-5-2/h46H,4-45H2,1-3H3/t46-/m1/s1. The van der Waals surface area contributed by atoms with Crippen LogP contribution in [-0.4, -0.2) is 37.2 Å². The predicted molar refractivity (Wildman–Crippen MR) is 233 cm³/mol. The average molecular weight is 779 g/mol. The van der Waals surface area contributed by atoms with Gasteiger partial charge < -0.3 is 14.2 Å². The van der Waals surface area contributed by atoms with Crippen LogP contribution >= 0.6 is 0 Å². The van der Waals surface area contributed by atoms with Crippen LogP contribution in [0.5, 0.6) is 0 Å². The van der Waals surface area contributed by atoms with Gasteiger partial charge in [-0.2, -0.15) is 0 Å². The van der Waals surface area contributed by atoms with Crippen molar-refractivity contribution in [2.45, 2.75) is 284 Å². The Morgan fingerprint density at radius 2 is 0.491 bits per heavy atom. The summed E-state index contributed by atoms with van der Waals surface area (Å²) in [5, 5.41) is 0. The lowest BCUT2D eigenvalue weighted by Gasteiger charge is -2.18. The van der Waals surface area contributed by atoms with Crippen molar-refractivity contribution in [1.82, 2.24) is 0 Å². The predicted octanol–water partition coefficient (Wildman–Crippen LogP) is 15.6. The molecule has 0 saturated carbocycles. The molecular formula is C49H94O6. The Morgan fingerprint density at radius 1 is 0.291 bits per heavy atom. The zero-order valence-corrected chi connectivity index (χ0v) is 37.2. The van der Waals surface area contributed by atoms with Crippen molar-refractivity contribution in [2.75, 3.05) is 13.2 Å². The van der Waals surface area contributed by atoms with Gasteiger partial charge in [-0.3, -0.25) is 14.4 Å². The van der Waals surface area contributed by atoms with Gasteiger partial charge in [0.25, 0.3) is 0 Å². The van der Waals surface area contributed by atoms with Crippen LogP contribution in [0.3, 0.4) is 0 Å². The molecule has 0 saturated heterocycles. The lowest BCUT2D eigenvalue weighted by molar-refractivity contribution is -0.167. The smallest absolute Gasteiger partial charge is 0.306 e. The summed E-state index contributed by atoms with van der Waals surface area (Å²) in [4.78, 5) is 37.7. The summed E-state index contributed by atoms with van der Waals surface area (Å²) in [5.74, 6) is -0.853. The van der Waals surface area contributed by atoms with E-state index in [4.69, 9.17) is 14.2 Å². The van der Waals surface area contributed by atoms with Crippen molar-refractivity contribution in [3.63, 3.8) is 0 Å². The van der Waals surface area contributed by atoms with Crippen LogP contribution < -0.4 is 0 Å². The van der Waals surface area contributed by atoms with Crippen molar-refractivity contribution < 1.29 is 28.6 Å². The average Bonchev–Trinajstić information content (AvgIpc) is 3.18. The van der Waals surface area contributed by atoms with E-state index in [0.29, 0.717) is 19.3 Å². The van der Waals surface area contributed by atoms with Gasteiger partial charge in [-0.1, -0.05) is 239 Å². The monoisotopic (exact) mass is 779 g/mol. The molecule has 0 N–H and O–H groups in total. The number of rotatable bonds is 45. The molecule has 0 aliphatic carbocycles. The summed E-state index contributed by atoms with van der Waals surface area (Å²) in [6.07, 6.45) is 46.7. The van der Waals surface area contributed by atoms with E-state index in [0.717, 1.165) is 57.8 Å². The van der Waals surface area contributed by atoms with Gasteiger partial charge in [-0.15, -0.1) is 0 Å². The Morgan fingerprint density at radius 3 is 0.727 bits per heavy atom. The number of carbonyl (C=O) groups is 3. The topological polar surface area (TPSA) is 78.9 Å². The van der Waals surface area contributed by atoms with Crippen LogP contribution in [0.1, 0.15) is 278 Å². The Labute approximate surface area is 342 Å². The second-order valence-electron chi connectivity index (χ2n) is 16.7. The fourth-order valence-electron chi connectivity index (χ4n) is 7.38. The zero-order valence-electron chi connectivity index (χ0n) is 37.2. The van der Waals surface area contributed by atoms with Gasteiger partial charge in [0, 0.05) is 19.3 Å². The molecule has 0 rings (SSSR count). The Bertz CT molecular complexity index is 813. The quantitative estimate of drug-likeness (QED) is 0.0348. The summed E-state index contributed by atoms with van der Waals surface area (Å²) in [5.41, 5.74) is 0. The van der Waals surface area contributed by atoms with Crippen molar-refractivity contribution >= 4 is 17.9 Å². The Kier molecular flexibility index (Phi) is 43.8. The lowest BCUT2D eigenvalue weighted by Crippen LogP contribution is -2.30. The van der Waals surface area contributed by atoms with Crippen LogP contribution in [0.4, 0.5) is 0 Å². The van der Waals surface area contributed by atoms with E-state index in [1.165, 1.54) is 180 Å². The van der Waals surface area contributed by atoms with Gasteiger partial charge in [0.1, 0.15) is 13.2 Å². The fraction of sp³-hybridized carbons (Fsp3) is 0.939. The van der Waals surface area contributed by atoms with E-state index in [1.54, 1.807) is 0 Å². The highest BCUT2D eigenvalue weighted by Gasteiger charge is 2.19. The first-order valence-electron chi connectivity index (χ1n) is 24.5. The molecule has 0 aromatic rings. The minimum absolute atomic E-state index is 0.0627. The van der Waals surface area contributed by atoms with Crippen molar-refractivity contribution in [3.8, 4) is 0 Å². The van der Waals surface area contributed by atoms with Gasteiger partial charge in [-0.05, 0) is 19.3 Å². The molecule has 0 radical (unpaired) electrons. The van der Waals surface area contributed by atoms with E-state index < -0.39 is 6.10 Å². The highest BCUT2D eigenvalue weighted by molar-refractivity contribution is 5.71. The fourth-order valence-corrected chi connectivity index (χ4v) is 7.38. The molecule has 0 aromatic heterocycles. The third-order valence-electron chi connectivity index (χ3n) is 11.1. The molecule has 6 heteroatoms. The minimum atomic E-state index is -0.757. The van der Waals surface area contributed by atoms with E-state index in [-0.39, 0.29) is 31.1 Å². The number of hydrogen-bond acceptors (Lipinski definition) is 6. The highest BCUT2D eigenvalue weighted by Crippen LogP contribution is 2.16. The third kappa shape index (κ3) is 43.4. The van der Waals surface area contributed by atoms with Gasteiger partial charge in [0.05, 0.1) is 0 Å². The maximum absolute atomic E-state index is 12.7. The molecule has 55 heavy (non-hydrogen) atoms. The van der Waals surface area contributed by atoms with Crippen LogP contribution in [0.2, 0.25) is 0 Å². The van der Waals surface area contributed by atoms with Gasteiger partial charge in [-0.25, -0.2) is 0 Å². The number of carbonyl (C=O) groups excluding carboxylic acids is 3. The van der Waals surface area contributed by atoms with Crippen molar-refractivity contribution in [3.05, 3.63) is 0 Å². The molecule has 0 unspecified atom stereocenters. The second kappa shape index (κ2) is 45.1. The SMILES string of the molecule is CCCCCCCCCCCCCCCCCCCCC(=O)OC[C@@H](COC(=O)CCCCCCCCC)OC(=O)CCCCCCCCCCCCCC. The maximum Gasteiger partial charge on any atom is 0.306 e. The Hall–Kier alpha value is -1.59. The third-order valence-corrected chi connectivity index (χ3v) is 11.1. The largest absolute Gasteiger partial charge is 0.462 e.